The number of alkyl halides is 3. The van der Waals surface area contributed by atoms with E-state index in [1.807, 2.05) is 0 Å². The number of hydrogen-bond donors (Lipinski definition) is 1. The molecule has 0 spiro atoms. The Morgan fingerprint density at radius 1 is 1.00 bits per heavy atom. The van der Waals surface area contributed by atoms with Crippen molar-refractivity contribution in [1.82, 2.24) is 9.97 Å². The number of H-pyrrole nitrogens is 1. The van der Waals surface area contributed by atoms with E-state index in [1.54, 1.807) is 18.3 Å². The van der Waals surface area contributed by atoms with Crippen molar-refractivity contribution in [2.24, 2.45) is 0 Å². The molecule has 1 aliphatic heterocycles. The van der Waals surface area contributed by atoms with Gasteiger partial charge < -0.3 is 9.72 Å². The smallest absolute Gasteiger partial charge is 0.416 e. The molecule has 0 aliphatic carbocycles. The number of hydrogen-bond acceptors (Lipinski definition) is 4. The van der Waals surface area contributed by atoms with Crippen molar-refractivity contribution in [3.63, 3.8) is 0 Å². The first-order valence-corrected chi connectivity index (χ1v) is 9.93. The van der Waals surface area contributed by atoms with E-state index < -0.39 is 36.0 Å². The summed E-state index contributed by atoms with van der Waals surface area (Å²) in [6, 6.07) is 10.1. The van der Waals surface area contributed by atoms with Crippen LogP contribution in [0.15, 0.2) is 67.0 Å². The molecule has 7 nitrogen and oxygen atoms in total. The fraction of sp³-hybridized carbons (Fsp3) is 0.0870. The summed E-state index contributed by atoms with van der Waals surface area (Å²) < 4.78 is 59.4. The Kier molecular flexibility index (Phi) is 4.96. The topological polar surface area (TPSA) is 78.5 Å². The number of nitrogens with zero attached hydrogens (tertiary/aromatic N) is 3. The van der Waals surface area contributed by atoms with Crippen LogP contribution >= 0.6 is 0 Å². The number of pyridine rings is 1. The minimum absolute atomic E-state index is 0.0754. The molecule has 0 bridgehead atoms. The number of benzene rings is 2. The summed E-state index contributed by atoms with van der Waals surface area (Å²) in [5.41, 5.74) is -0.486. The molecule has 4 aromatic rings. The molecule has 11 heteroatoms. The molecule has 0 saturated carbocycles. The van der Waals surface area contributed by atoms with Gasteiger partial charge >= 0.3 is 12.2 Å². The highest BCUT2D eigenvalue weighted by Crippen LogP contribution is 2.34. The second kappa shape index (κ2) is 7.87. The molecule has 1 aliphatic rings. The molecule has 3 amide bonds. The van der Waals surface area contributed by atoms with Crippen LogP contribution < -0.4 is 14.5 Å². The number of imide groups is 1. The van der Waals surface area contributed by atoms with Gasteiger partial charge in [0, 0.05) is 23.3 Å². The summed E-state index contributed by atoms with van der Waals surface area (Å²) in [5, 5.41) is 0.762. The van der Waals surface area contributed by atoms with Crippen LogP contribution in [0.5, 0.6) is 11.5 Å². The van der Waals surface area contributed by atoms with Gasteiger partial charge in [-0.25, -0.2) is 19.1 Å². The number of fused-ring (bicyclic) bond motifs is 1. The molecular formula is C23H14F4N4O3. The van der Waals surface area contributed by atoms with Crippen LogP contribution in [0.1, 0.15) is 5.56 Å². The number of halogens is 4. The Hall–Kier alpha value is -4.41. The molecule has 0 atom stereocenters. The molecule has 2 aromatic heterocycles. The van der Waals surface area contributed by atoms with Crippen LogP contribution in [-0.2, 0) is 11.0 Å². The van der Waals surface area contributed by atoms with Crippen LogP contribution in [0.25, 0.3) is 11.0 Å². The SMILES string of the molecule is O=C1CN(c2cccc(C(F)(F)F)c2)C(=O)N1c1ccc(Oc2cnc3[nH]ccc3c2)c(F)c1. The zero-order valence-corrected chi connectivity index (χ0v) is 17.1. The number of urea groups is 1. The van der Waals surface area contributed by atoms with Crippen molar-refractivity contribution >= 4 is 34.3 Å². The van der Waals surface area contributed by atoms with E-state index in [-0.39, 0.29) is 22.9 Å². The number of aromatic nitrogens is 2. The van der Waals surface area contributed by atoms with Gasteiger partial charge in [0.1, 0.15) is 17.9 Å². The molecule has 3 heterocycles. The lowest BCUT2D eigenvalue weighted by Crippen LogP contribution is -2.33. The number of amides is 3. The average Bonchev–Trinajstić information content (AvgIpc) is 3.38. The van der Waals surface area contributed by atoms with Crippen molar-refractivity contribution in [2.75, 3.05) is 16.3 Å². The molecule has 1 saturated heterocycles. The van der Waals surface area contributed by atoms with Crippen molar-refractivity contribution in [2.45, 2.75) is 6.18 Å². The first-order chi connectivity index (χ1) is 16.2. The maximum atomic E-state index is 14.8. The number of rotatable bonds is 4. The zero-order valence-electron chi connectivity index (χ0n) is 17.1. The van der Waals surface area contributed by atoms with Crippen molar-refractivity contribution in [3.05, 3.63) is 78.4 Å². The Bertz CT molecular complexity index is 1430. The lowest BCUT2D eigenvalue weighted by molar-refractivity contribution is -0.137. The second-order valence-corrected chi connectivity index (χ2v) is 7.45. The average molecular weight is 470 g/mol. The number of carbonyl (C=O) groups is 2. The lowest BCUT2D eigenvalue weighted by atomic mass is 10.2. The number of ether oxygens (including phenoxy) is 1. The van der Waals surface area contributed by atoms with E-state index >= 15 is 0 Å². The molecule has 1 fully saturated rings. The first-order valence-electron chi connectivity index (χ1n) is 9.93. The lowest BCUT2D eigenvalue weighted by Gasteiger charge is -2.19. The summed E-state index contributed by atoms with van der Waals surface area (Å²) in [5.74, 6) is -1.43. The van der Waals surface area contributed by atoms with Crippen molar-refractivity contribution < 1.29 is 31.9 Å². The Morgan fingerprint density at radius 3 is 2.59 bits per heavy atom. The van der Waals surface area contributed by atoms with Crippen LogP contribution in [0, 0.1) is 5.82 Å². The van der Waals surface area contributed by atoms with Gasteiger partial charge in [0.25, 0.3) is 5.91 Å². The van der Waals surface area contributed by atoms with Gasteiger partial charge in [-0.15, -0.1) is 0 Å². The van der Waals surface area contributed by atoms with Gasteiger partial charge in [-0.1, -0.05) is 6.07 Å². The maximum Gasteiger partial charge on any atom is 0.416 e. The van der Waals surface area contributed by atoms with Crippen LogP contribution in [-0.4, -0.2) is 28.5 Å². The van der Waals surface area contributed by atoms with Crippen LogP contribution in [0.3, 0.4) is 0 Å². The highest BCUT2D eigenvalue weighted by Gasteiger charge is 2.39. The van der Waals surface area contributed by atoms with E-state index in [9.17, 15) is 27.2 Å². The summed E-state index contributed by atoms with van der Waals surface area (Å²) in [6.45, 7) is -0.484. The van der Waals surface area contributed by atoms with E-state index in [0.717, 1.165) is 34.6 Å². The Labute approximate surface area is 189 Å². The highest BCUT2D eigenvalue weighted by molar-refractivity contribution is 6.26. The maximum absolute atomic E-state index is 14.8. The van der Waals surface area contributed by atoms with Crippen LogP contribution in [0.4, 0.5) is 33.7 Å². The third kappa shape index (κ3) is 3.81. The molecule has 2 aromatic carbocycles. The fourth-order valence-corrected chi connectivity index (χ4v) is 3.62. The van der Waals surface area contributed by atoms with Gasteiger partial charge in [-0.3, -0.25) is 9.69 Å². The molecule has 5 rings (SSSR count). The van der Waals surface area contributed by atoms with Crippen molar-refractivity contribution in [3.8, 4) is 11.5 Å². The van der Waals surface area contributed by atoms with Gasteiger partial charge in [0.05, 0.1) is 17.4 Å². The van der Waals surface area contributed by atoms with Gasteiger partial charge in [-0.2, -0.15) is 13.2 Å². The number of anilines is 2. The molecule has 0 radical (unpaired) electrons. The summed E-state index contributed by atoms with van der Waals surface area (Å²) in [6.07, 6.45) is -1.50. The molecule has 34 heavy (non-hydrogen) atoms. The predicted octanol–water partition coefficient (Wildman–Crippen LogP) is 5.49. The number of aromatic amines is 1. The minimum atomic E-state index is -4.61. The van der Waals surface area contributed by atoms with Gasteiger partial charge in [-0.05, 0) is 42.5 Å². The molecule has 172 valence electrons. The minimum Gasteiger partial charge on any atom is -0.453 e. The second-order valence-electron chi connectivity index (χ2n) is 7.45. The predicted molar refractivity (Wildman–Crippen MR) is 114 cm³/mol. The quantitative estimate of drug-likeness (QED) is 0.316. The Balaban J connectivity index is 1.39. The normalized spacial score (nSPS) is 14.4. The summed E-state index contributed by atoms with van der Waals surface area (Å²) in [7, 11) is 0. The zero-order chi connectivity index (χ0) is 24.0. The Morgan fingerprint density at radius 2 is 1.82 bits per heavy atom. The largest absolute Gasteiger partial charge is 0.453 e. The van der Waals surface area contributed by atoms with E-state index in [0.29, 0.717) is 10.5 Å². The first kappa shape index (κ1) is 21.4. The molecule has 0 unspecified atom stereocenters. The summed E-state index contributed by atoms with van der Waals surface area (Å²) >= 11 is 0. The molecule has 1 N–H and O–H groups in total. The van der Waals surface area contributed by atoms with E-state index in [2.05, 4.69) is 9.97 Å². The summed E-state index contributed by atoms with van der Waals surface area (Å²) in [4.78, 5) is 34.0. The van der Waals surface area contributed by atoms with E-state index in [1.165, 1.54) is 24.4 Å². The van der Waals surface area contributed by atoms with Crippen LogP contribution in [0.2, 0.25) is 0 Å². The fourth-order valence-electron chi connectivity index (χ4n) is 3.62. The van der Waals surface area contributed by atoms with E-state index in [4.69, 9.17) is 4.74 Å². The highest BCUT2D eigenvalue weighted by atomic mass is 19.4. The third-order valence-electron chi connectivity index (χ3n) is 5.23. The number of nitrogens with one attached hydrogen (secondary N) is 1. The van der Waals surface area contributed by atoms with Crippen molar-refractivity contribution in [1.29, 1.82) is 0 Å². The third-order valence-corrected chi connectivity index (χ3v) is 5.23. The van der Waals surface area contributed by atoms with Gasteiger partial charge in [0.15, 0.2) is 11.6 Å². The monoisotopic (exact) mass is 470 g/mol. The number of carbonyl (C=O) groups excluding carboxylic acids is 2. The standard InChI is InChI=1S/C23H14F4N4O3/c24-18-10-16(4-5-19(18)34-17-8-13-6-7-28-21(13)29-11-17)31-20(32)12-30(22(31)33)15-3-1-2-14(9-15)23(25,26)27/h1-11H,12H2,(H,28,29). The van der Waals surface area contributed by atoms with Gasteiger partial charge in [0.2, 0.25) is 0 Å². The molecular weight excluding hydrogens is 456 g/mol.